The number of hydrogen-bond acceptors (Lipinski definition) is 4. The van der Waals surface area contributed by atoms with Crippen molar-refractivity contribution in [2.45, 2.75) is 20.1 Å². The predicted molar refractivity (Wildman–Crippen MR) is 92.4 cm³/mol. The third-order valence-electron chi connectivity index (χ3n) is 3.70. The lowest BCUT2D eigenvalue weighted by Crippen LogP contribution is -2.06. The Kier molecular flexibility index (Phi) is 4.48. The van der Waals surface area contributed by atoms with Crippen LogP contribution in [0.1, 0.15) is 22.3 Å². The Morgan fingerprint density at radius 1 is 1.12 bits per heavy atom. The van der Waals surface area contributed by atoms with Crippen molar-refractivity contribution in [3.63, 3.8) is 0 Å². The molecule has 1 heterocycles. The molecule has 0 saturated carbocycles. The van der Waals surface area contributed by atoms with E-state index in [-0.39, 0.29) is 11.4 Å². The van der Waals surface area contributed by atoms with Gasteiger partial charge < -0.3 is 10.5 Å². The van der Waals surface area contributed by atoms with Crippen LogP contribution in [0.3, 0.4) is 0 Å². The van der Waals surface area contributed by atoms with Gasteiger partial charge in [-0.1, -0.05) is 60.2 Å². The van der Waals surface area contributed by atoms with Crippen molar-refractivity contribution in [2.24, 2.45) is 0 Å². The number of nitrogen functional groups attached to an aromatic ring is 1. The van der Waals surface area contributed by atoms with Crippen LogP contribution in [-0.2, 0) is 13.2 Å². The SMILES string of the molecule is Cc1cccc(Cn2nc(OCc3ccccc3)c(C#N)c2N)c1. The zero-order valence-electron chi connectivity index (χ0n) is 13.4. The molecule has 0 fully saturated rings. The number of hydrogen-bond donors (Lipinski definition) is 1. The lowest BCUT2D eigenvalue weighted by atomic mass is 10.1. The first-order chi connectivity index (χ1) is 11.7. The van der Waals surface area contributed by atoms with Crippen LogP contribution in [-0.4, -0.2) is 9.78 Å². The van der Waals surface area contributed by atoms with Crippen molar-refractivity contribution in [1.29, 1.82) is 5.26 Å². The van der Waals surface area contributed by atoms with Gasteiger partial charge >= 0.3 is 0 Å². The molecule has 5 heteroatoms. The van der Waals surface area contributed by atoms with Gasteiger partial charge in [0.05, 0.1) is 6.54 Å². The molecular formula is C19H18N4O. The molecule has 0 unspecified atom stereocenters. The Balaban J connectivity index is 1.82. The molecule has 0 bridgehead atoms. The van der Waals surface area contributed by atoms with Gasteiger partial charge in [-0.15, -0.1) is 5.10 Å². The number of anilines is 1. The summed E-state index contributed by atoms with van der Waals surface area (Å²) in [6.07, 6.45) is 0. The highest BCUT2D eigenvalue weighted by Crippen LogP contribution is 2.24. The molecule has 24 heavy (non-hydrogen) atoms. The maximum atomic E-state index is 9.36. The van der Waals surface area contributed by atoms with Crippen molar-refractivity contribution >= 4 is 5.82 Å². The second-order valence-corrected chi connectivity index (χ2v) is 5.60. The van der Waals surface area contributed by atoms with Gasteiger partial charge in [0.25, 0.3) is 5.88 Å². The standard InChI is InChI=1S/C19H18N4O/c1-14-6-5-9-16(10-14)12-23-18(21)17(11-20)19(22-23)24-13-15-7-3-2-4-8-15/h2-10H,12-13,21H2,1H3. The summed E-state index contributed by atoms with van der Waals surface area (Å²) in [5.74, 6) is 0.591. The lowest BCUT2D eigenvalue weighted by Gasteiger charge is -2.05. The number of nitrogens with two attached hydrogens (primary N) is 1. The maximum absolute atomic E-state index is 9.36. The quantitative estimate of drug-likeness (QED) is 0.783. The minimum absolute atomic E-state index is 0.270. The molecule has 2 N–H and O–H groups in total. The highest BCUT2D eigenvalue weighted by atomic mass is 16.5. The van der Waals surface area contributed by atoms with E-state index in [1.165, 1.54) is 5.56 Å². The molecule has 3 aromatic rings. The fraction of sp³-hybridized carbons (Fsp3) is 0.158. The minimum Gasteiger partial charge on any atom is -0.471 e. The smallest absolute Gasteiger partial charge is 0.253 e. The van der Waals surface area contributed by atoms with Crippen LogP contribution in [0.5, 0.6) is 5.88 Å². The van der Waals surface area contributed by atoms with E-state index in [9.17, 15) is 5.26 Å². The third-order valence-corrected chi connectivity index (χ3v) is 3.70. The fourth-order valence-corrected chi connectivity index (χ4v) is 2.49. The molecule has 0 aliphatic rings. The van der Waals surface area contributed by atoms with Crippen molar-refractivity contribution in [1.82, 2.24) is 9.78 Å². The van der Waals surface area contributed by atoms with Crippen molar-refractivity contribution < 1.29 is 4.74 Å². The zero-order valence-corrected chi connectivity index (χ0v) is 13.4. The zero-order chi connectivity index (χ0) is 16.9. The Morgan fingerprint density at radius 3 is 2.58 bits per heavy atom. The van der Waals surface area contributed by atoms with E-state index in [1.807, 2.05) is 55.5 Å². The first-order valence-electron chi connectivity index (χ1n) is 7.66. The van der Waals surface area contributed by atoms with E-state index in [0.717, 1.165) is 11.1 Å². The van der Waals surface area contributed by atoms with Gasteiger partial charge in [-0.3, -0.25) is 0 Å². The third kappa shape index (κ3) is 3.39. The van der Waals surface area contributed by atoms with Gasteiger partial charge in [-0.2, -0.15) is 5.26 Å². The molecule has 120 valence electrons. The van der Waals surface area contributed by atoms with E-state index >= 15 is 0 Å². The van der Waals surface area contributed by atoms with Crippen molar-refractivity contribution in [3.05, 3.63) is 76.9 Å². The van der Waals surface area contributed by atoms with Crippen LogP contribution >= 0.6 is 0 Å². The van der Waals surface area contributed by atoms with Crippen LogP contribution < -0.4 is 10.5 Å². The molecule has 0 aliphatic heterocycles. The Labute approximate surface area is 140 Å². The topological polar surface area (TPSA) is 76.9 Å². The van der Waals surface area contributed by atoms with E-state index in [1.54, 1.807) is 4.68 Å². The van der Waals surface area contributed by atoms with Crippen LogP contribution in [0.15, 0.2) is 54.6 Å². The van der Waals surface area contributed by atoms with E-state index in [0.29, 0.717) is 19.0 Å². The van der Waals surface area contributed by atoms with Gasteiger partial charge in [-0.25, -0.2) is 4.68 Å². The molecule has 1 aromatic heterocycles. The number of ether oxygens (including phenoxy) is 1. The number of rotatable bonds is 5. The molecule has 0 amide bonds. The summed E-state index contributed by atoms with van der Waals surface area (Å²) in [6.45, 7) is 2.87. The molecule has 3 rings (SSSR count). The Hall–Kier alpha value is -3.26. The monoisotopic (exact) mass is 318 g/mol. The summed E-state index contributed by atoms with van der Waals surface area (Å²) >= 11 is 0. The molecule has 0 aliphatic carbocycles. The normalized spacial score (nSPS) is 10.3. The molecule has 0 radical (unpaired) electrons. The summed E-state index contributed by atoms with van der Waals surface area (Å²) < 4.78 is 7.31. The Morgan fingerprint density at radius 2 is 1.88 bits per heavy atom. The molecule has 2 aromatic carbocycles. The number of aromatic nitrogens is 2. The maximum Gasteiger partial charge on any atom is 0.253 e. The van der Waals surface area contributed by atoms with Gasteiger partial charge in [0.1, 0.15) is 18.5 Å². The highest BCUT2D eigenvalue weighted by Gasteiger charge is 2.17. The molecule has 5 nitrogen and oxygen atoms in total. The highest BCUT2D eigenvalue weighted by molar-refractivity contribution is 5.55. The first-order valence-corrected chi connectivity index (χ1v) is 7.66. The summed E-state index contributed by atoms with van der Waals surface area (Å²) in [4.78, 5) is 0. The summed E-state index contributed by atoms with van der Waals surface area (Å²) in [5.41, 5.74) is 9.59. The number of nitriles is 1. The van der Waals surface area contributed by atoms with Crippen LogP contribution in [0.4, 0.5) is 5.82 Å². The second kappa shape index (κ2) is 6.88. The van der Waals surface area contributed by atoms with Crippen molar-refractivity contribution in [2.75, 3.05) is 5.73 Å². The fourth-order valence-electron chi connectivity index (χ4n) is 2.49. The van der Waals surface area contributed by atoms with Gasteiger partial charge in [0.15, 0.2) is 5.56 Å². The molecule has 0 spiro atoms. The second-order valence-electron chi connectivity index (χ2n) is 5.60. The van der Waals surface area contributed by atoms with E-state index in [2.05, 4.69) is 17.2 Å². The van der Waals surface area contributed by atoms with Crippen molar-refractivity contribution in [3.8, 4) is 11.9 Å². The molecule has 0 saturated heterocycles. The number of nitrogens with zero attached hydrogens (tertiary/aromatic N) is 3. The van der Waals surface area contributed by atoms with Crippen LogP contribution in [0.2, 0.25) is 0 Å². The van der Waals surface area contributed by atoms with Gasteiger partial charge in [0, 0.05) is 0 Å². The summed E-state index contributed by atoms with van der Waals surface area (Å²) in [7, 11) is 0. The Bertz CT molecular complexity index is 878. The van der Waals surface area contributed by atoms with Crippen LogP contribution in [0.25, 0.3) is 0 Å². The number of aryl methyl sites for hydroxylation is 1. The van der Waals surface area contributed by atoms with Gasteiger partial charge in [-0.05, 0) is 18.1 Å². The van der Waals surface area contributed by atoms with Crippen LogP contribution in [0, 0.1) is 18.3 Å². The minimum atomic E-state index is 0.270. The van der Waals surface area contributed by atoms with Gasteiger partial charge in [0.2, 0.25) is 0 Å². The first kappa shape index (κ1) is 15.6. The predicted octanol–water partition coefficient (Wildman–Crippen LogP) is 3.27. The summed E-state index contributed by atoms with van der Waals surface area (Å²) in [6, 6.07) is 19.9. The average molecular weight is 318 g/mol. The lowest BCUT2D eigenvalue weighted by molar-refractivity contribution is 0.289. The van der Waals surface area contributed by atoms with E-state index < -0.39 is 0 Å². The number of benzene rings is 2. The van der Waals surface area contributed by atoms with E-state index in [4.69, 9.17) is 10.5 Å². The summed E-state index contributed by atoms with van der Waals surface area (Å²) in [5, 5.41) is 13.7. The molecular weight excluding hydrogens is 300 g/mol. The largest absolute Gasteiger partial charge is 0.471 e. The molecule has 0 atom stereocenters. The average Bonchev–Trinajstić information content (AvgIpc) is 2.89.